The standard InChI is InChI=1S/C6H4N3.C4H9.Sn/c1-2-5-6(7-3-1)9-4-8-5;1-4(2)3;/h2-4H,(H,7,8,9);1-3H3;. The molecule has 0 aliphatic carbocycles. The van der Waals surface area contributed by atoms with E-state index in [9.17, 15) is 0 Å². The molecule has 1 N–H and O–H groups in total. The Morgan fingerprint density at radius 3 is 2.79 bits per heavy atom. The SMILES string of the molecule is C[C](C)(C)[Sn][c]1cnc2nc[nH]c2c1. The molecule has 72 valence electrons. The van der Waals surface area contributed by atoms with Gasteiger partial charge in [0, 0.05) is 0 Å². The van der Waals surface area contributed by atoms with Crippen LogP contribution in [0.15, 0.2) is 18.6 Å². The van der Waals surface area contributed by atoms with Crippen LogP contribution in [0.25, 0.3) is 11.2 Å². The van der Waals surface area contributed by atoms with Crippen molar-refractivity contribution < 1.29 is 0 Å². The number of nitrogens with one attached hydrogen (secondary N) is 1. The Hall–Kier alpha value is -0.581. The number of nitrogens with zero attached hydrogens (tertiary/aromatic N) is 2. The molecule has 0 saturated carbocycles. The Morgan fingerprint density at radius 1 is 1.29 bits per heavy atom. The van der Waals surface area contributed by atoms with Crippen LogP contribution >= 0.6 is 0 Å². The third-order valence-electron chi connectivity index (χ3n) is 1.79. The van der Waals surface area contributed by atoms with Crippen LogP contribution in [-0.2, 0) is 0 Å². The summed E-state index contributed by atoms with van der Waals surface area (Å²) in [7, 11) is 0. The second kappa shape index (κ2) is 3.53. The first-order chi connectivity index (χ1) is 6.54. The van der Waals surface area contributed by atoms with Crippen LogP contribution in [0.2, 0.25) is 3.43 Å². The number of imidazole rings is 1. The molecule has 2 rings (SSSR count). The Balaban J connectivity index is 2.35. The normalized spacial score (nSPS) is 12.2. The van der Waals surface area contributed by atoms with Crippen molar-refractivity contribution in [1.82, 2.24) is 15.0 Å². The van der Waals surface area contributed by atoms with E-state index in [1.807, 2.05) is 6.20 Å². The van der Waals surface area contributed by atoms with E-state index in [0.717, 1.165) is 11.2 Å². The summed E-state index contributed by atoms with van der Waals surface area (Å²) in [5, 5.41) is 0. The summed E-state index contributed by atoms with van der Waals surface area (Å²) in [6.07, 6.45) is 3.68. The molecule has 2 radical (unpaired) electrons. The zero-order valence-corrected chi connectivity index (χ0v) is 11.5. The van der Waals surface area contributed by atoms with Gasteiger partial charge in [0.15, 0.2) is 0 Å². The van der Waals surface area contributed by atoms with E-state index in [0.29, 0.717) is 3.43 Å². The molecule has 0 fully saturated rings. The number of rotatable bonds is 1. The second-order valence-electron chi connectivity index (χ2n) is 4.37. The number of aromatic amines is 1. The van der Waals surface area contributed by atoms with Crippen LogP contribution in [0.5, 0.6) is 0 Å². The van der Waals surface area contributed by atoms with Crippen LogP contribution in [0.1, 0.15) is 20.8 Å². The number of H-pyrrole nitrogens is 1. The molecule has 4 heteroatoms. The van der Waals surface area contributed by atoms with Gasteiger partial charge in [-0.05, 0) is 0 Å². The summed E-state index contributed by atoms with van der Waals surface area (Å²) in [6, 6.07) is 2.20. The van der Waals surface area contributed by atoms with Crippen LogP contribution in [0, 0.1) is 0 Å². The van der Waals surface area contributed by atoms with Crippen molar-refractivity contribution >= 4 is 35.9 Å². The van der Waals surface area contributed by atoms with Gasteiger partial charge in [0.2, 0.25) is 0 Å². The van der Waals surface area contributed by atoms with Gasteiger partial charge in [0.25, 0.3) is 0 Å². The summed E-state index contributed by atoms with van der Waals surface area (Å²) >= 11 is -0.538. The average Bonchev–Trinajstić information content (AvgIpc) is 2.47. The molecule has 0 amide bonds. The van der Waals surface area contributed by atoms with E-state index in [2.05, 4.69) is 41.8 Å². The minimum absolute atomic E-state index is 0.471. The molecule has 0 aromatic carbocycles. The van der Waals surface area contributed by atoms with Gasteiger partial charge in [-0.25, -0.2) is 0 Å². The Bertz CT molecular complexity index is 442. The van der Waals surface area contributed by atoms with E-state index >= 15 is 0 Å². The molecule has 3 nitrogen and oxygen atoms in total. The van der Waals surface area contributed by atoms with Crippen molar-refractivity contribution in [3.8, 4) is 0 Å². The predicted octanol–water partition coefficient (Wildman–Crippen LogP) is 1.51. The van der Waals surface area contributed by atoms with Gasteiger partial charge in [-0.1, -0.05) is 0 Å². The number of hydrogen-bond donors (Lipinski definition) is 1. The first kappa shape index (κ1) is 9.95. The van der Waals surface area contributed by atoms with Crippen molar-refractivity contribution in [2.75, 3.05) is 0 Å². The quantitative estimate of drug-likeness (QED) is 0.810. The molecule has 0 unspecified atom stereocenters. The molecule has 14 heavy (non-hydrogen) atoms. The fourth-order valence-electron chi connectivity index (χ4n) is 1.33. The fourth-order valence-corrected chi connectivity index (χ4v) is 4.79. The predicted molar refractivity (Wildman–Crippen MR) is 59.0 cm³/mol. The van der Waals surface area contributed by atoms with Crippen LogP contribution < -0.4 is 3.58 Å². The van der Waals surface area contributed by atoms with Gasteiger partial charge in [-0.3, -0.25) is 0 Å². The molecule has 0 saturated heterocycles. The van der Waals surface area contributed by atoms with E-state index < -0.39 is 21.1 Å². The monoisotopic (exact) mass is 295 g/mol. The van der Waals surface area contributed by atoms with Crippen molar-refractivity contribution in [1.29, 1.82) is 0 Å². The number of aromatic nitrogens is 3. The first-order valence-corrected chi connectivity index (χ1v) is 7.47. The molecule has 2 heterocycles. The molecule has 0 aliphatic rings. The maximum atomic E-state index is 4.33. The zero-order valence-electron chi connectivity index (χ0n) is 8.63. The molecular weight excluding hydrogens is 281 g/mol. The van der Waals surface area contributed by atoms with E-state index in [1.54, 1.807) is 6.33 Å². The van der Waals surface area contributed by atoms with E-state index in [1.165, 1.54) is 3.58 Å². The molecule has 2 aromatic heterocycles. The summed E-state index contributed by atoms with van der Waals surface area (Å²) in [4.78, 5) is 11.5. The van der Waals surface area contributed by atoms with Crippen molar-refractivity contribution in [2.24, 2.45) is 0 Å². The molecule has 0 bridgehead atoms. The number of fused-ring (bicyclic) bond motifs is 1. The Labute approximate surface area is 93.6 Å². The van der Waals surface area contributed by atoms with Gasteiger partial charge in [-0.15, -0.1) is 0 Å². The van der Waals surface area contributed by atoms with Gasteiger partial charge in [0.05, 0.1) is 0 Å². The van der Waals surface area contributed by atoms with Crippen molar-refractivity contribution in [2.45, 2.75) is 24.2 Å². The van der Waals surface area contributed by atoms with E-state index in [-0.39, 0.29) is 0 Å². The van der Waals surface area contributed by atoms with E-state index in [4.69, 9.17) is 0 Å². The second-order valence-corrected chi connectivity index (χ2v) is 11.0. The fraction of sp³-hybridized carbons (Fsp3) is 0.400. The maximum absolute atomic E-state index is 4.33. The third kappa shape index (κ3) is 2.26. The zero-order chi connectivity index (χ0) is 10.2. The molecule has 0 aliphatic heterocycles. The summed E-state index contributed by atoms with van der Waals surface area (Å²) in [5.74, 6) is 0. The Morgan fingerprint density at radius 2 is 2.07 bits per heavy atom. The van der Waals surface area contributed by atoms with Crippen LogP contribution in [0.3, 0.4) is 0 Å². The topological polar surface area (TPSA) is 41.6 Å². The molecular formula is C10H13N3Sn. The van der Waals surface area contributed by atoms with Crippen molar-refractivity contribution in [3.63, 3.8) is 0 Å². The third-order valence-corrected chi connectivity index (χ3v) is 5.54. The number of pyridine rings is 1. The average molecular weight is 294 g/mol. The van der Waals surface area contributed by atoms with Gasteiger partial charge < -0.3 is 0 Å². The Kier molecular flexibility index (Phi) is 2.51. The van der Waals surface area contributed by atoms with Gasteiger partial charge in [0.1, 0.15) is 0 Å². The van der Waals surface area contributed by atoms with Crippen LogP contribution in [-0.4, -0.2) is 36.1 Å². The number of hydrogen-bond acceptors (Lipinski definition) is 2. The van der Waals surface area contributed by atoms with Gasteiger partial charge in [-0.2, -0.15) is 0 Å². The van der Waals surface area contributed by atoms with Crippen molar-refractivity contribution in [3.05, 3.63) is 18.6 Å². The van der Waals surface area contributed by atoms with Gasteiger partial charge >= 0.3 is 93.6 Å². The molecule has 0 atom stereocenters. The summed E-state index contributed by atoms with van der Waals surface area (Å²) in [5.41, 5.74) is 1.88. The summed E-state index contributed by atoms with van der Waals surface area (Å²) < 4.78 is 1.90. The van der Waals surface area contributed by atoms with Crippen LogP contribution in [0.4, 0.5) is 0 Å². The first-order valence-electron chi connectivity index (χ1n) is 4.62. The summed E-state index contributed by atoms with van der Waals surface area (Å²) in [6.45, 7) is 6.91. The minimum atomic E-state index is -0.538. The molecule has 0 spiro atoms. The molecule has 2 aromatic rings.